The summed E-state index contributed by atoms with van der Waals surface area (Å²) in [6.07, 6.45) is 7.49. The number of nitrogens with zero attached hydrogens (tertiary/aromatic N) is 2. The monoisotopic (exact) mass is 498 g/mol. The van der Waals surface area contributed by atoms with E-state index in [4.69, 9.17) is 6.42 Å². The topological polar surface area (TPSA) is 98.8 Å². The number of sulfonamides is 1. The minimum absolute atomic E-state index is 0.0598. The largest absolute Gasteiger partial charge is 0.343 e. The molecule has 1 saturated heterocycles. The zero-order valence-corrected chi connectivity index (χ0v) is 21.3. The van der Waals surface area contributed by atoms with Crippen molar-refractivity contribution >= 4 is 32.6 Å². The molecule has 0 saturated carbocycles. The van der Waals surface area contributed by atoms with Gasteiger partial charge in [0.2, 0.25) is 21.8 Å². The van der Waals surface area contributed by atoms with Crippen molar-refractivity contribution in [2.45, 2.75) is 44.8 Å². The maximum absolute atomic E-state index is 12.6. The number of benzene rings is 2. The van der Waals surface area contributed by atoms with Crippen molar-refractivity contribution in [3.63, 3.8) is 0 Å². The molecule has 1 fully saturated rings. The summed E-state index contributed by atoms with van der Waals surface area (Å²) < 4.78 is 26.3. The lowest BCUT2D eigenvalue weighted by Gasteiger charge is -2.40. The van der Waals surface area contributed by atoms with E-state index in [-0.39, 0.29) is 25.2 Å². The average Bonchev–Trinajstić information content (AvgIpc) is 2.84. The molecular formula is C26H34N4O4S. The standard InChI is InChI=1S/C26H34N4O4S/c1-5-15-27-26(32)19(2)28-25(31)18-30(35(4,33)34)22-13-16-29(17-14-22)20(3)23-12-8-10-21-9-6-7-11-24(21)23/h1,6-12,19-20,22H,13-18H2,2-4H3,(H,27,32)(H,28,31)/t19-,20?/m1/s1. The number of piperidine rings is 1. The lowest BCUT2D eigenvalue weighted by Crippen LogP contribution is -2.53. The Morgan fingerprint density at radius 3 is 2.46 bits per heavy atom. The van der Waals surface area contributed by atoms with Crippen LogP contribution in [0.25, 0.3) is 10.8 Å². The highest BCUT2D eigenvalue weighted by molar-refractivity contribution is 7.88. The molecule has 0 spiro atoms. The summed E-state index contributed by atoms with van der Waals surface area (Å²) in [7, 11) is -3.62. The Balaban J connectivity index is 1.63. The molecule has 0 aromatic heterocycles. The molecular weight excluding hydrogens is 464 g/mol. The Kier molecular flexibility index (Phi) is 8.89. The van der Waals surface area contributed by atoms with E-state index >= 15 is 0 Å². The van der Waals surface area contributed by atoms with Crippen LogP contribution in [0.4, 0.5) is 0 Å². The predicted molar refractivity (Wildman–Crippen MR) is 138 cm³/mol. The van der Waals surface area contributed by atoms with Crippen LogP contribution in [0.15, 0.2) is 42.5 Å². The summed E-state index contributed by atoms with van der Waals surface area (Å²) >= 11 is 0. The van der Waals surface area contributed by atoms with Gasteiger partial charge in [-0.2, -0.15) is 4.31 Å². The Morgan fingerprint density at radius 1 is 1.14 bits per heavy atom. The zero-order chi connectivity index (χ0) is 25.6. The van der Waals surface area contributed by atoms with E-state index in [9.17, 15) is 18.0 Å². The van der Waals surface area contributed by atoms with Crippen molar-refractivity contribution in [1.82, 2.24) is 19.8 Å². The van der Waals surface area contributed by atoms with Gasteiger partial charge in [0, 0.05) is 25.2 Å². The van der Waals surface area contributed by atoms with Crippen LogP contribution in [0.1, 0.15) is 38.3 Å². The average molecular weight is 499 g/mol. The summed E-state index contributed by atoms with van der Waals surface area (Å²) in [5.41, 5.74) is 1.25. The second kappa shape index (κ2) is 11.7. The van der Waals surface area contributed by atoms with E-state index in [1.54, 1.807) is 0 Å². The molecule has 0 radical (unpaired) electrons. The Bertz CT molecular complexity index is 1190. The fourth-order valence-electron chi connectivity index (χ4n) is 4.68. The van der Waals surface area contributed by atoms with Crippen LogP contribution < -0.4 is 10.6 Å². The Labute approximate surface area is 208 Å². The van der Waals surface area contributed by atoms with Gasteiger partial charge in [-0.05, 0) is 43.0 Å². The van der Waals surface area contributed by atoms with Crippen molar-refractivity contribution in [2.75, 3.05) is 32.4 Å². The van der Waals surface area contributed by atoms with Crippen LogP contribution in [0.2, 0.25) is 0 Å². The molecule has 1 heterocycles. The van der Waals surface area contributed by atoms with Gasteiger partial charge in [0.15, 0.2) is 0 Å². The summed E-state index contributed by atoms with van der Waals surface area (Å²) in [6, 6.07) is 13.7. The van der Waals surface area contributed by atoms with Crippen LogP contribution in [0.3, 0.4) is 0 Å². The Morgan fingerprint density at radius 2 is 1.80 bits per heavy atom. The van der Waals surface area contributed by atoms with Crippen molar-refractivity contribution in [3.05, 3.63) is 48.0 Å². The van der Waals surface area contributed by atoms with Gasteiger partial charge in [0.25, 0.3) is 0 Å². The first-order chi connectivity index (χ1) is 16.6. The number of fused-ring (bicyclic) bond motifs is 1. The molecule has 188 valence electrons. The van der Waals surface area contributed by atoms with Crippen LogP contribution in [0.5, 0.6) is 0 Å². The van der Waals surface area contributed by atoms with Gasteiger partial charge in [-0.15, -0.1) is 6.42 Å². The van der Waals surface area contributed by atoms with Crippen LogP contribution >= 0.6 is 0 Å². The number of terminal acetylenes is 1. The first kappa shape index (κ1) is 26.7. The number of nitrogens with one attached hydrogen (secondary N) is 2. The van der Waals surface area contributed by atoms with Gasteiger partial charge in [-0.25, -0.2) is 8.42 Å². The predicted octanol–water partition coefficient (Wildman–Crippen LogP) is 1.88. The van der Waals surface area contributed by atoms with E-state index in [1.165, 1.54) is 27.6 Å². The van der Waals surface area contributed by atoms with E-state index in [2.05, 4.69) is 58.7 Å². The molecule has 2 aromatic carbocycles. The van der Waals surface area contributed by atoms with Crippen LogP contribution in [-0.4, -0.2) is 74.0 Å². The van der Waals surface area contributed by atoms with Gasteiger partial charge >= 0.3 is 0 Å². The normalized spacial score (nSPS) is 17.0. The molecule has 2 amide bonds. The fourth-order valence-corrected chi connectivity index (χ4v) is 5.78. The first-order valence-electron chi connectivity index (χ1n) is 11.8. The minimum Gasteiger partial charge on any atom is -0.343 e. The quantitative estimate of drug-likeness (QED) is 0.515. The van der Waals surface area contributed by atoms with E-state index in [1.807, 2.05) is 12.1 Å². The summed E-state index contributed by atoms with van der Waals surface area (Å²) in [5, 5.41) is 7.48. The van der Waals surface area contributed by atoms with Crippen molar-refractivity contribution in [3.8, 4) is 12.3 Å². The summed E-state index contributed by atoms with van der Waals surface area (Å²) in [6.45, 7) is 4.87. The molecule has 2 atom stereocenters. The van der Waals surface area contributed by atoms with E-state index in [0.29, 0.717) is 25.9 Å². The third-order valence-corrected chi connectivity index (χ3v) is 7.87. The highest BCUT2D eigenvalue weighted by Crippen LogP contribution is 2.31. The first-order valence-corrected chi connectivity index (χ1v) is 13.7. The van der Waals surface area contributed by atoms with Gasteiger partial charge in [-0.1, -0.05) is 48.4 Å². The molecule has 1 aliphatic heterocycles. The molecule has 2 N–H and O–H groups in total. The van der Waals surface area contributed by atoms with Crippen LogP contribution in [0, 0.1) is 12.3 Å². The number of carbonyl (C=O) groups is 2. The number of likely N-dealkylation sites (tertiary alicyclic amines) is 1. The second-order valence-corrected chi connectivity index (χ2v) is 11.0. The van der Waals surface area contributed by atoms with Gasteiger partial charge in [-0.3, -0.25) is 14.5 Å². The van der Waals surface area contributed by atoms with Crippen molar-refractivity contribution in [2.24, 2.45) is 0 Å². The van der Waals surface area contributed by atoms with E-state index < -0.39 is 27.9 Å². The molecule has 0 bridgehead atoms. The molecule has 2 aromatic rings. The fraction of sp³-hybridized carbons (Fsp3) is 0.462. The summed E-state index contributed by atoms with van der Waals surface area (Å²) in [4.78, 5) is 26.9. The Hall–Kier alpha value is -2.93. The zero-order valence-electron chi connectivity index (χ0n) is 20.5. The van der Waals surface area contributed by atoms with Crippen molar-refractivity contribution in [1.29, 1.82) is 0 Å². The maximum Gasteiger partial charge on any atom is 0.243 e. The smallest absolute Gasteiger partial charge is 0.243 e. The maximum atomic E-state index is 12.6. The molecule has 1 aliphatic rings. The SMILES string of the molecule is C#CCNC(=O)[C@@H](C)NC(=O)CN(C1CCN(C(C)c2cccc3ccccc23)CC1)S(C)(=O)=O. The highest BCUT2D eigenvalue weighted by Gasteiger charge is 2.33. The number of carbonyl (C=O) groups excluding carboxylic acids is 2. The van der Waals surface area contributed by atoms with Gasteiger partial charge < -0.3 is 10.6 Å². The third kappa shape index (κ3) is 6.82. The van der Waals surface area contributed by atoms with Gasteiger partial charge in [0.05, 0.1) is 19.3 Å². The molecule has 8 nitrogen and oxygen atoms in total. The molecule has 3 rings (SSSR count). The number of amides is 2. The minimum atomic E-state index is -3.62. The lowest BCUT2D eigenvalue weighted by atomic mass is 9.96. The van der Waals surface area contributed by atoms with Crippen molar-refractivity contribution < 1.29 is 18.0 Å². The molecule has 35 heavy (non-hydrogen) atoms. The highest BCUT2D eigenvalue weighted by atomic mass is 32.2. The molecule has 9 heteroatoms. The number of rotatable bonds is 9. The second-order valence-electron chi connectivity index (χ2n) is 9.03. The van der Waals surface area contributed by atoms with Crippen LogP contribution in [-0.2, 0) is 19.6 Å². The number of hydrogen-bond acceptors (Lipinski definition) is 5. The van der Waals surface area contributed by atoms with Gasteiger partial charge in [0.1, 0.15) is 6.04 Å². The molecule has 1 unspecified atom stereocenters. The summed E-state index contributed by atoms with van der Waals surface area (Å²) in [5.74, 6) is 1.35. The van der Waals surface area contributed by atoms with E-state index in [0.717, 1.165) is 6.26 Å². The lowest BCUT2D eigenvalue weighted by molar-refractivity contribution is -0.128. The molecule has 0 aliphatic carbocycles. The number of hydrogen-bond donors (Lipinski definition) is 2. The third-order valence-electron chi connectivity index (χ3n) is 6.59.